The summed E-state index contributed by atoms with van der Waals surface area (Å²) in [6.07, 6.45) is 0. The van der Waals surface area contributed by atoms with Crippen molar-refractivity contribution < 1.29 is 23.2 Å². The summed E-state index contributed by atoms with van der Waals surface area (Å²) < 4.78 is 28.2. The van der Waals surface area contributed by atoms with E-state index in [1.807, 2.05) is 4.90 Å². The van der Waals surface area contributed by atoms with Crippen LogP contribution in [0.4, 0.5) is 17.1 Å². The summed E-state index contributed by atoms with van der Waals surface area (Å²) in [5, 5.41) is 20.8. The number of carboxylic acids is 1. The van der Waals surface area contributed by atoms with Crippen LogP contribution in [0.5, 0.6) is 0 Å². The molecule has 1 fully saturated rings. The number of nitro benzene ring substituents is 1. The number of nitro groups is 1. The Morgan fingerprint density at radius 3 is 2.47 bits per heavy atom. The van der Waals surface area contributed by atoms with E-state index in [0.717, 1.165) is 17.6 Å². The Kier molecular flexibility index (Phi) is 6.22. The summed E-state index contributed by atoms with van der Waals surface area (Å²) in [6.45, 7) is 4.58. The van der Waals surface area contributed by atoms with Crippen molar-refractivity contribution in [2.75, 3.05) is 34.2 Å². The Hall–Kier alpha value is -2.79. The third-order valence-electron chi connectivity index (χ3n) is 4.94. The predicted molar refractivity (Wildman–Crippen MR) is 116 cm³/mol. The van der Waals surface area contributed by atoms with Crippen LogP contribution in [0.3, 0.4) is 0 Å². The highest BCUT2D eigenvalue weighted by atomic mass is 32.2. The van der Waals surface area contributed by atoms with E-state index in [4.69, 9.17) is 0 Å². The molecule has 0 saturated carbocycles. The van der Waals surface area contributed by atoms with Crippen LogP contribution < -0.4 is 9.62 Å². The standard InChI is InChI=1S/C19H21N3O6S2/c1-12-9-15(22(25)26)11-18(13(12)2)30(27,28)20-14-3-4-17(16(10-14)19(23)24)21-5-7-29-8-6-21/h3-4,9-11,20H,5-8H2,1-2H3,(H,23,24). The normalized spacial score (nSPS) is 14.4. The third-order valence-corrected chi connectivity index (χ3v) is 7.39. The van der Waals surface area contributed by atoms with Gasteiger partial charge in [-0.25, -0.2) is 13.2 Å². The Balaban J connectivity index is 1.98. The number of nitrogens with one attached hydrogen (secondary N) is 1. The lowest BCUT2D eigenvalue weighted by Crippen LogP contribution is -2.33. The van der Waals surface area contributed by atoms with E-state index in [-0.39, 0.29) is 21.8 Å². The molecule has 30 heavy (non-hydrogen) atoms. The van der Waals surface area contributed by atoms with Crippen molar-refractivity contribution in [2.24, 2.45) is 0 Å². The molecule has 2 N–H and O–H groups in total. The summed E-state index contributed by atoms with van der Waals surface area (Å²) in [5.74, 6) is 0.615. The predicted octanol–water partition coefficient (Wildman–Crippen LogP) is 3.26. The van der Waals surface area contributed by atoms with Gasteiger partial charge in [-0.3, -0.25) is 14.8 Å². The zero-order chi connectivity index (χ0) is 22.1. The molecule has 0 amide bonds. The molecule has 2 aromatic carbocycles. The number of hydrogen-bond acceptors (Lipinski definition) is 7. The zero-order valence-electron chi connectivity index (χ0n) is 16.4. The van der Waals surface area contributed by atoms with Gasteiger partial charge in [0.1, 0.15) is 0 Å². The number of carboxylic acid groups (broad SMARTS) is 1. The molecule has 0 unspecified atom stereocenters. The Labute approximate surface area is 178 Å². The second-order valence-electron chi connectivity index (χ2n) is 6.88. The summed E-state index contributed by atoms with van der Waals surface area (Å²) in [5.41, 5.74) is 1.12. The fourth-order valence-electron chi connectivity index (χ4n) is 3.25. The minimum absolute atomic E-state index is 0.00551. The van der Waals surface area contributed by atoms with Crippen molar-refractivity contribution in [2.45, 2.75) is 18.7 Å². The van der Waals surface area contributed by atoms with E-state index >= 15 is 0 Å². The van der Waals surface area contributed by atoms with Gasteiger partial charge in [0.25, 0.3) is 15.7 Å². The first-order valence-corrected chi connectivity index (χ1v) is 11.7. The molecule has 9 nitrogen and oxygen atoms in total. The van der Waals surface area contributed by atoms with Crippen molar-refractivity contribution in [3.8, 4) is 0 Å². The summed E-state index contributed by atoms with van der Waals surface area (Å²) in [7, 11) is -4.17. The van der Waals surface area contributed by atoms with Crippen molar-refractivity contribution in [1.29, 1.82) is 0 Å². The molecular weight excluding hydrogens is 430 g/mol. The quantitative estimate of drug-likeness (QED) is 0.506. The molecule has 1 saturated heterocycles. The number of benzene rings is 2. The van der Waals surface area contributed by atoms with Crippen LogP contribution in [0.15, 0.2) is 35.2 Å². The van der Waals surface area contributed by atoms with Crippen LogP contribution in [0.2, 0.25) is 0 Å². The van der Waals surface area contributed by atoms with E-state index in [2.05, 4.69) is 4.72 Å². The molecule has 0 atom stereocenters. The number of nitrogens with zero attached hydrogens (tertiary/aromatic N) is 2. The van der Waals surface area contributed by atoms with Gasteiger partial charge in [0.2, 0.25) is 0 Å². The number of sulfonamides is 1. The minimum atomic E-state index is -4.17. The van der Waals surface area contributed by atoms with Crippen LogP contribution in [-0.2, 0) is 10.0 Å². The van der Waals surface area contributed by atoms with Gasteiger partial charge < -0.3 is 10.0 Å². The molecule has 0 radical (unpaired) electrons. The van der Waals surface area contributed by atoms with Gasteiger partial charge in [0.05, 0.1) is 21.1 Å². The van der Waals surface area contributed by atoms with Gasteiger partial charge in [-0.15, -0.1) is 0 Å². The first kappa shape index (κ1) is 21.9. The van der Waals surface area contributed by atoms with Crippen molar-refractivity contribution in [3.05, 3.63) is 57.1 Å². The summed E-state index contributed by atoms with van der Waals surface area (Å²) in [6, 6.07) is 6.67. The molecule has 2 aromatic rings. The third kappa shape index (κ3) is 4.51. The number of carbonyl (C=O) groups is 1. The fourth-order valence-corrected chi connectivity index (χ4v) is 5.54. The number of rotatable bonds is 6. The average Bonchev–Trinajstić information content (AvgIpc) is 2.69. The number of aryl methyl sites for hydroxylation is 1. The Morgan fingerprint density at radius 1 is 1.20 bits per heavy atom. The van der Waals surface area contributed by atoms with Crippen LogP contribution in [-0.4, -0.2) is 49.0 Å². The van der Waals surface area contributed by atoms with Gasteiger partial charge in [-0.2, -0.15) is 11.8 Å². The second kappa shape index (κ2) is 8.52. The molecule has 0 spiro atoms. The van der Waals surface area contributed by atoms with Crippen LogP contribution in [0.25, 0.3) is 0 Å². The van der Waals surface area contributed by atoms with Gasteiger partial charge in [0, 0.05) is 42.4 Å². The van der Waals surface area contributed by atoms with E-state index in [0.29, 0.717) is 29.9 Å². The van der Waals surface area contributed by atoms with Gasteiger partial charge in [0.15, 0.2) is 0 Å². The number of anilines is 2. The first-order chi connectivity index (χ1) is 14.1. The molecule has 0 bridgehead atoms. The maximum Gasteiger partial charge on any atom is 0.337 e. The van der Waals surface area contributed by atoms with E-state index in [9.17, 15) is 28.4 Å². The molecule has 160 valence electrons. The molecule has 0 aliphatic carbocycles. The van der Waals surface area contributed by atoms with Gasteiger partial charge >= 0.3 is 5.97 Å². The van der Waals surface area contributed by atoms with Gasteiger partial charge in [-0.05, 0) is 43.2 Å². The fraction of sp³-hybridized carbons (Fsp3) is 0.316. The number of non-ortho nitro benzene ring substituents is 1. The maximum absolute atomic E-state index is 12.9. The van der Waals surface area contributed by atoms with Crippen LogP contribution >= 0.6 is 11.8 Å². The lowest BCUT2D eigenvalue weighted by Gasteiger charge is -2.29. The lowest BCUT2D eigenvalue weighted by atomic mass is 10.1. The van der Waals surface area contributed by atoms with Crippen LogP contribution in [0, 0.1) is 24.0 Å². The zero-order valence-corrected chi connectivity index (χ0v) is 18.0. The Bertz CT molecular complexity index is 1110. The summed E-state index contributed by atoms with van der Waals surface area (Å²) >= 11 is 1.79. The summed E-state index contributed by atoms with van der Waals surface area (Å²) in [4.78, 5) is 24.0. The first-order valence-electron chi connectivity index (χ1n) is 9.08. The smallest absolute Gasteiger partial charge is 0.337 e. The van der Waals surface area contributed by atoms with E-state index < -0.39 is 20.9 Å². The molecule has 0 aromatic heterocycles. The molecule has 11 heteroatoms. The SMILES string of the molecule is Cc1cc([N+](=O)[O-])cc(S(=O)(=O)Nc2ccc(N3CCSCC3)c(C(=O)O)c2)c1C. The molecule has 1 aliphatic heterocycles. The van der Waals surface area contributed by atoms with Gasteiger partial charge in [-0.1, -0.05) is 0 Å². The number of thioether (sulfide) groups is 1. The highest BCUT2D eigenvalue weighted by molar-refractivity contribution is 7.99. The van der Waals surface area contributed by atoms with Crippen LogP contribution in [0.1, 0.15) is 21.5 Å². The molecular formula is C19H21N3O6S2. The minimum Gasteiger partial charge on any atom is -0.478 e. The number of hydrogen-bond donors (Lipinski definition) is 2. The average molecular weight is 452 g/mol. The van der Waals surface area contributed by atoms with Crippen molar-refractivity contribution in [1.82, 2.24) is 0 Å². The highest BCUT2D eigenvalue weighted by Gasteiger charge is 2.24. The monoisotopic (exact) mass is 451 g/mol. The van der Waals surface area contributed by atoms with Crippen molar-refractivity contribution in [3.63, 3.8) is 0 Å². The van der Waals surface area contributed by atoms with Crippen molar-refractivity contribution >= 4 is 44.8 Å². The molecule has 3 rings (SSSR count). The second-order valence-corrected chi connectivity index (χ2v) is 9.76. The number of aromatic carboxylic acids is 1. The molecule has 1 aliphatic rings. The van der Waals surface area contributed by atoms with E-state index in [1.165, 1.54) is 18.2 Å². The largest absolute Gasteiger partial charge is 0.478 e. The van der Waals surface area contributed by atoms with E-state index in [1.54, 1.807) is 31.7 Å². The Morgan fingerprint density at radius 2 is 1.87 bits per heavy atom. The lowest BCUT2D eigenvalue weighted by molar-refractivity contribution is -0.385. The maximum atomic E-state index is 12.9. The topological polar surface area (TPSA) is 130 Å². The molecule has 1 heterocycles. The highest BCUT2D eigenvalue weighted by Crippen LogP contribution is 2.30.